The Bertz CT molecular complexity index is 663. The van der Waals surface area contributed by atoms with Gasteiger partial charge in [0.15, 0.2) is 5.96 Å². The molecule has 0 saturated carbocycles. The number of nitrogens with one attached hydrogen (secondary N) is 1. The molecule has 0 aliphatic heterocycles. The Balaban J connectivity index is 2.05. The van der Waals surface area contributed by atoms with E-state index in [1.54, 1.807) is 0 Å². The SMILES string of the molecule is Cc1ccc(NC(N)=NCc2cc(F)cc(Br)c2)cc1C. The number of aryl methyl sites for hydroxylation is 2. The predicted octanol–water partition coefficient (Wildman–Crippen LogP) is 4.13. The number of halogens is 2. The third-order valence-electron chi connectivity index (χ3n) is 3.13. The van der Waals surface area contributed by atoms with E-state index in [0.29, 0.717) is 17.0 Å². The van der Waals surface area contributed by atoms with E-state index in [-0.39, 0.29) is 5.82 Å². The minimum absolute atomic E-state index is 0.296. The Hall–Kier alpha value is -1.88. The van der Waals surface area contributed by atoms with Gasteiger partial charge in [-0.3, -0.25) is 0 Å². The van der Waals surface area contributed by atoms with Crippen molar-refractivity contribution >= 4 is 27.6 Å². The van der Waals surface area contributed by atoms with Crippen LogP contribution in [0, 0.1) is 19.7 Å². The summed E-state index contributed by atoms with van der Waals surface area (Å²) in [4.78, 5) is 4.22. The van der Waals surface area contributed by atoms with Crippen molar-refractivity contribution in [3.05, 3.63) is 63.4 Å². The molecule has 2 rings (SSSR count). The monoisotopic (exact) mass is 349 g/mol. The molecule has 21 heavy (non-hydrogen) atoms. The number of benzene rings is 2. The summed E-state index contributed by atoms with van der Waals surface area (Å²) in [5.41, 5.74) is 9.90. The number of hydrogen-bond acceptors (Lipinski definition) is 1. The van der Waals surface area contributed by atoms with Crippen molar-refractivity contribution in [2.45, 2.75) is 20.4 Å². The molecule has 0 saturated heterocycles. The minimum Gasteiger partial charge on any atom is -0.370 e. The molecule has 3 nitrogen and oxygen atoms in total. The van der Waals surface area contributed by atoms with Gasteiger partial charge in [-0.25, -0.2) is 9.38 Å². The first-order valence-electron chi connectivity index (χ1n) is 6.53. The molecule has 0 heterocycles. The fourth-order valence-electron chi connectivity index (χ4n) is 1.89. The second kappa shape index (κ2) is 6.72. The summed E-state index contributed by atoms with van der Waals surface area (Å²) in [5.74, 6) is 0.00824. The summed E-state index contributed by atoms with van der Waals surface area (Å²) in [6.07, 6.45) is 0. The van der Waals surface area contributed by atoms with Crippen LogP contribution in [0.1, 0.15) is 16.7 Å². The maximum atomic E-state index is 13.3. The van der Waals surface area contributed by atoms with Gasteiger partial charge in [0.25, 0.3) is 0 Å². The molecular formula is C16H17BrFN3. The van der Waals surface area contributed by atoms with Gasteiger partial charge in [0.1, 0.15) is 5.82 Å². The molecule has 5 heteroatoms. The third-order valence-corrected chi connectivity index (χ3v) is 3.59. The van der Waals surface area contributed by atoms with Gasteiger partial charge in [-0.05, 0) is 60.9 Å². The average Bonchev–Trinajstić information content (AvgIpc) is 2.40. The molecule has 0 spiro atoms. The maximum Gasteiger partial charge on any atom is 0.193 e. The molecule has 0 radical (unpaired) electrons. The van der Waals surface area contributed by atoms with Crippen LogP contribution in [-0.2, 0) is 6.54 Å². The van der Waals surface area contributed by atoms with Crippen LogP contribution in [-0.4, -0.2) is 5.96 Å². The van der Waals surface area contributed by atoms with Crippen molar-refractivity contribution < 1.29 is 4.39 Å². The van der Waals surface area contributed by atoms with Crippen molar-refractivity contribution in [3.8, 4) is 0 Å². The standard InChI is InChI=1S/C16H17BrFN3/c1-10-3-4-15(5-11(10)2)21-16(19)20-9-12-6-13(17)8-14(18)7-12/h3-8H,9H2,1-2H3,(H3,19,20,21). The summed E-state index contributed by atoms with van der Waals surface area (Å²) < 4.78 is 13.9. The first kappa shape index (κ1) is 15.5. The van der Waals surface area contributed by atoms with E-state index < -0.39 is 0 Å². The van der Waals surface area contributed by atoms with E-state index in [0.717, 1.165) is 11.3 Å². The Labute approximate surface area is 132 Å². The van der Waals surface area contributed by atoms with Crippen molar-refractivity contribution in [1.82, 2.24) is 0 Å². The molecule has 2 aromatic rings. The van der Waals surface area contributed by atoms with Crippen LogP contribution in [0.3, 0.4) is 0 Å². The molecule has 110 valence electrons. The van der Waals surface area contributed by atoms with Gasteiger partial charge in [0.2, 0.25) is 0 Å². The lowest BCUT2D eigenvalue weighted by Crippen LogP contribution is -2.22. The van der Waals surface area contributed by atoms with Gasteiger partial charge in [-0.1, -0.05) is 22.0 Å². The number of aliphatic imine (C=N–C) groups is 1. The minimum atomic E-state index is -0.296. The fraction of sp³-hybridized carbons (Fsp3) is 0.188. The summed E-state index contributed by atoms with van der Waals surface area (Å²) >= 11 is 3.25. The van der Waals surface area contributed by atoms with Gasteiger partial charge in [-0.2, -0.15) is 0 Å². The third kappa shape index (κ3) is 4.56. The second-order valence-corrected chi connectivity index (χ2v) is 5.82. The van der Waals surface area contributed by atoms with Gasteiger partial charge in [0.05, 0.1) is 6.54 Å². The van der Waals surface area contributed by atoms with Gasteiger partial charge in [0, 0.05) is 10.2 Å². The average molecular weight is 350 g/mol. The van der Waals surface area contributed by atoms with E-state index >= 15 is 0 Å². The zero-order valence-electron chi connectivity index (χ0n) is 12.0. The molecule has 0 unspecified atom stereocenters. The summed E-state index contributed by atoms with van der Waals surface area (Å²) in [6.45, 7) is 4.41. The van der Waals surface area contributed by atoms with E-state index in [9.17, 15) is 4.39 Å². The van der Waals surface area contributed by atoms with Crippen LogP contribution in [0.15, 0.2) is 45.9 Å². The Kier molecular flexibility index (Phi) is 4.96. The highest BCUT2D eigenvalue weighted by atomic mass is 79.9. The molecule has 2 aromatic carbocycles. The largest absolute Gasteiger partial charge is 0.370 e. The Morgan fingerprint density at radius 3 is 2.62 bits per heavy atom. The maximum absolute atomic E-state index is 13.3. The molecule has 0 atom stereocenters. The lowest BCUT2D eigenvalue weighted by Gasteiger charge is -2.08. The summed E-state index contributed by atoms with van der Waals surface area (Å²) in [7, 11) is 0. The zero-order valence-corrected chi connectivity index (χ0v) is 13.5. The molecule has 0 aliphatic rings. The van der Waals surface area contributed by atoms with Gasteiger partial charge < -0.3 is 11.1 Å². The topological polar surface area (TPSA) is 50.4 Å². The first-order chi connectivity index (χ1) is 9.94. The molecule has 0 bridgehead atoms. The van der Waals surface area contributed by atoms with Crippen LogP contribution in [0.5, 0.6) is 0 Å². The molecular weight excluding hydrogens is 333 g/mol. The predicted molar refractivity (Wildman–Crippen MR) is 89.0 cm³/mol. The lowest BCUT2D eigenvalue weighted by molar-refractivity contribution is 0.624. The molecule has 0 aliphatic carbocycles. The number of rotatable bonds is 3. The quantitative estimate of drug-likeness (QED) is 0.646. The highest BCUT2D eigenvalue weighted by Crippen LogP contribution is 2.16. The van der Waals surface area contributed by atoms with Crippen LogP contribution in [0.2, 0.25) is 0 Å². The van der Waals surface area contributed by atoms with Crippen LogP contribution in [0.4, 0.5) is 10.1 Å². The molecule has 0 amide bonds. The first-order valence-corrected chi connectivity index (χ1v) is 7.32. The Morgan fingerprint density at radius 1 is 1.19 bits per heavy atom. The molecule has 0 fully saturated rings. The second-order valence-electron chi connectivity index (χ2n) is 4.90. The van der Waals surface area contributed by atoms with Gasteiger partial charge >= 0.3 is 0 Å². The number of anilines is 1. The number of nitrogens with zero attached hydrogens (tertiary/aromatic N) is 1. The number of nitrogens with two attached hydrogens (primary N) is 1. The summed E-state index contributed by atoms with van der Waals surface area (Å²) in [6, 6.07) is 10.6. The van der Waals surface area contributed by atoms with Crippen molar-refractivity contribution in [2.24, 2.45) is 10.7 Å². The van der Waals surface area contributed by atoms with Crippen molar-refractivity contribution in [1.29, 1.82) is 0 Å². The van der Waals surface area contributed by atoms with E-state index in [4.69, 9.17) is 5.73 Å². The van der Waals surface area contributed by atoms with Crippen molar-refractivity contribution in [3.63, 3.8) is 0 Å². The summed E-state index contributed by atoms with van der Waals surface area (Å²) in [5, 5.41) is 3.03. The van der Waals surface area contributed by atoms with E-state index in [1.807, 2.05) is 31.2 Å². The van der Waals surface area contributed by atoms with Crippen LogP contribution in [0.25, 0.3) is 0 Å². The van der Waals surface area contributed by atoms with Gasteiger partial charge in [-0.15, -0.1) is 0 Å². The van der Waals surface area contributed by atoms with Crippen molar-refractivity contribution in [2.75, 3.05) is 5.32 Å². The molecule has 3 N–H and O–H groups in total. The molecule has 0 aromatic heterocycles. The van der Waals surface area contributed by atoms with Crippen LogP contribution >= 0.6 is 15.9 Å². The number of guanidine groups is 1. The highest BCUT2D eigenvalue weighted by Gasteiger charge is 2.00. The fourth-order valence-corrected chi connectivity index (χ4v) is 2.40. The zero-order chi connectivity index (χ0) is 15.4. The van der Waals surface area contributed by atoms with E-state index in [1.165, 1.54) is 23.3 Å². The van der Waals surface area contributed by atoms with Crippen LogP contribution < -0.4 is 11.1 Å². The lowest BCUT2D eigenvalue weighted by atomic mass is 10.1. The Morgan fingerprint density at radius 2 is 1.95 bits per heavy atom. The highest BCUT2D eigenvalue weighted by molar-refractivity contribution is 9.10. The number of hydrogen-bond donors (Lipinski definition) is 2. The van der Waals surface area contributed by atoms with E-state index in [2.05, 4.69) is 33.2 Å². The smallest absolute Gasteiger partial charge is 0.193 e. The normalized spacial score (nSPS) is 11.5.